The van der Waals surface area contributed by atoms with E-state index in [0.29, 0.717) is 5.56 Å². The first-order chi connectivity index (χ1) is 16.2. The van der Waals surface area contributed by atoms with Crippen LogP contribution < -0.4 is 16.0 Å². The van der Waals surface area contributed by atoms with Crippen molar-refractivity contribution in [2.24, 2.45) is 0 Å². The Labute approximate surface area is 194 Å². The molecule has 33 heavy (non-hydrogen) atoms. The van der Waals surface area contributed by atoms with Crippen LogP contribution in [-0.4, -0.2) is 35.0 Å². The third kappa shape index (κ3) is 3.92. The van der Waals surface area contributed by atoms with Crippen molar-refractivity contribution in [2.75, 3.05) is 18.4 Å². The molecule has 5 aromatic rings. The van der Waals surface area contributed by atoms with E-state index in [-0.39, 0.29) is 11.9 Å². The molecule has 1 amide bonds. The van der Waals surface area contributed by atoms with Crippen molar-refractivity contribution in [1.82, 2.24) is 20.6 Å². The van der Waals surface area contributed by atoms with Crippen molar-refractivity contribution in [3.05, 3.63) is 84.0 Å². The minimum atomic E-state index is -0.0280. The zero-order valence-corrected chi connectivity index (χ0v) is 18.5. The Bertz CT molecular complexity index is 1470. The number of aromatic nitrogens is 2. The van der Waals surface area contributed by atoms with Gasteiger partial charge in [-0.25, -0.2) is 4.98 Å². The molecular formula is C26H21N5OS. The van der Waals surface area contributed by atoms with Gasteiger partial charge >= 0.3 is 0 Å². The Morgan fingerprint density at radius 2 is 1.76 bits per heavy atom. The molecule has 0 spiro atoms. The second-order valence-electron chi connectivity index (χ2n) is 8.16. The summed E-state index contributed by atoms with van der Waals surface area (Å²) in [4.78, 5) is 21.3. The van der Waals surface area contributed by atoms with Crippen molar-refractivity contribution in [3.63, 3.8) is 0 Å². The van der Waals surface area contributed by atoms with Gasteiger partial charge in [0.15, 0.2) is 0 Å². The quantitative estimate of drug-likeness (QED) is 0.352. The molecule has 3 N–H and O–H groups in total. The monoisotopic (exact) mass is 451 g/mol. The maximum atomic E-state index is 12.4. The fourth-order valence-corrected chi connectivity index (χ4v) is 4.66. The molecule has 0 radical (unpaired) electrons. The zero-order chi connectivity index (χ0) is 22.2. The van der Waals surface area contributed by atoms with E-state index in [4.69, 9.17) is 0 Å². The number of rotatable bonds is 5. The van der Waals surface area contributed by atoms with Gasteiger partial charge in [0.05, 0.1) is 27.3 Å². The van der Waals surface area contributed by atoms with E-state index in [1.165, 1.54) is 4.70 Å². The number of benzene rings is 3. The molecule has 6 nitrogen and oxygen atoms in total. The van der Waals surface area contributed by atoms with Gasteiger partial charge in [-0.1, -0.05) is 24.3 Å². The van der Waals surface area contributed by atoms with Gasteiger partial charge in [-0.05, 0) is 53.6 Å². The summed E-state index contributed by atoms with van der Waals surface area (Å²) >= 11 is 1.64. The number of carbonyl (C=O) groups is 1. The van der Waals surface area contributed by atoms with Crippen molar-refractivity contribution in [3.8, 4) is 11.1 Å². The number of fused-ring (bicyclic) bond motifs is 2. The van der Waals surface area contributed by atoms with Gasteiger partial charge in [0.1, 0.15) is 0 Å². The van der Waals surface area contributed by atoms with E-state index < -0.39 is 0 Å². The van der Waals surface area contributed by atoms with E-state index in [9.17, 15) is 4.79 Å². The molecule has 1 aliphatic rings. The van der Waals surface area contributed by atoms with Crippen molar-refractivity contribution in [2.45, 2.75) is 6.04 Å². The molecular weight excluding hydrogens is 430 g/mol. The number of nitrogens with one attached hydrogen (secondary N) is 3. The smallest absolute Gasteiger partial charge is 0.251 e. The number of anilines is 2. The predicted molar refractivity (Wildman–Crippen MR) is 134 cm³/mol. The highest BCUT2D eigenvalue weighted by Crippen LogP contribution is 2.30. The maximum absolute atomic E-state index is 12.4. The van der Waals surface area contributed by atoms with Gasteiger partial charge in [0.25, 0.3) is 5.91 Å². The molecule has 0 saturated carbocycles. The highest BCUT2D eigenvalue weighted by atomic mass is 32.1. The van der Waals surface area contributed by atoms with Crippen LogP contribution in [0.15, 0.2) is 78.4 Å². The molecule has 3 heterocycles. The standard InChI is InChI=1S/C26H21N5OS/c32-26(31-20-13-27-14-20)17-3-1-16(2-4-17)18-5-7-21-22(9-10-28-23(21)11-18)30-19-6-8-25-24(12-19)29-15-33-25/h1-12,15,20,27H,13-14H2,(H,28,30)(H,31,32). The van der Waals surface area contributed by atoms with Crippen LogP contribution in [0.4, 0.5) is 11.4 Å². The van der Waals surface area contributed by atoms with Gasteiger partial charge in [-0.2, -0.15) is 0 Å². The van der Waals surface area contributed by atoms with Crippen LogP contribution in [0.3, 0.4) is 0 Å². The normalized spacial score (nSPS) is 13.7. The lowest BCUT2D eigenvalue weighted by Crippen LogP contribution is -2.56. The van der Waals surface area contributed by atoms with Gasteiger partial charge < -0.3 is 16.0 Å². The summed E-state index contributed by atoms with van der Waals surface area (Å²) in [7, 11) is 0. The molecule has 0 atom stereocenters. The largest absolute Gasteiger partial charge is 0.355 e. The van der Waals surface area contributed by atoms with Crippen LogP contribution in [-0.2, 0) is 0 Å². The van der Waals surface area contributed by atoms with Crippen molar-refractivity contribution in [1.29, 1.82) is 0 Å². The molecule has 1 fully saturated rings. The highest BCUT2D eigenvalue weighted by Gasteiger charge is 2.19. The Morgan fingerprint density at radius 3 is 2.58 bits per heavy atom. The summed E-state index contributed by atoms with van der Waals surface area (Å²) in [5.41, 5.74) is 8.55. The molecule has 0 unspecified atom stereocenters. The number of hydrogen-bond donors (Lipinski definition) is 3. The van der Waals surface area contributed by atoms with Crippen LogP contribution in [0.5, 0.6) is 0 Å². The highest BCUT2D eigenvalue weighted by molar-refractivity contribution is 7.16. The van der Waals surface area contributed by atoms with Gasteiger partial charge in [0, 0.05) is 41.6 Å². The van der Waals surface area contributed by atoms with Crippen LogP contribution >= 0.6 is 11.3 Å². The van der Waals surface area contributed by atoms with Crippen LogP contribution in [0, 0.1) is 0 Å². The number of amides is 1. The molecule has 0 aliphatic carbocycles. The van der Waals surface area contributed by atoms with E-state index >= 15 is 0 Å². The SMILES string of the molecule is O=C(NC1CNC1)c1ccc(-c2ccc3c(Nc4ccc5scnc5c4)ccnc3c2)cc1. The second-order valence-corrected chi connectivity index (χ2v) is 9.04. The number of nitrogens with zero attached hydrogens (tertiary/aromatic N) is 2. The Morgan fingerprint density at radius 1 is 0.909 bits per heavy atom. The van der Waals surface area contributed by atoms with Crippen molar-refractivity contribution < 1.29 is 4.79 Å². The lowest BCUT2D eigenvalue weighted by atomic mass is 10.0. The first-order valence-corrected chi connectivity index (χ1v) is 11.7. The fraction of sp³-hybridized carbons (Fsp3) is 0.115. The summed E-state index contributed by atoms with van der Waals surface area (Å²) in [6.07, 6.45) is 1.82. The number of pyridine rings is 1. The van der Waals surface area contributed by atoms with E-state index in [0.717, 1.165) is 52.0 Å². The zero-order valence-electron chi connectivity index (χ0n) is 17.7. The molecule has 162 valence electrons. The predicted octanol–water partition coefficient (Wildman–Crippen LogP) is 4.96. The van der Waals surface area contributed by atoms with Crippen LogP contribution in [0.1, 0.15) is 10.4 Å². The summed E-state index contributed by atoms with van der Waals surface area (Å²) in [6, 6.07) is 22.4. The van der Waals surface area contributed by atoms with Gasteiger partial charge in [-0.3, -0.25) is 9.78 Å². The third-order valence-corrected chi connectivity index (χ3v) is 6.76. The first kappa shape index (κ1) is 19.8. The average molecular weight is 452 g/mol. The fourth-order valence-electron chi connectivity index (χ4n) is 4.00. The van der Waals surface area contributed by atoms with Crippen LogP contribution in [0.2, 0.25) is 0 Å². The van der Waals surface area contributed by atoms with Gasteiger partial charge in [0.2, 0.25) is 0 Å². The lowest BCUT2D eigenvalue weighted by Gasteiger charge is -2.27. The Hall–Kier alpha value is -3.81. The minimum absolute atomic E-state index is 0.0280. The molecule has 3 aromatic carbocycles. The summed E-state index contributed by atoms with van der Waals surface area (Å²) in [5, 5.41) is 10.7. The lowest BCUT2D eigenvalue weighted by molar-refractivity contribution is 0.0924. The molecule has 1 aliphatic heterocycles. The van der Waals surface area contributed by atoms with E-state index in [1.54, 1.807) is 11.3 Å². The second kappa shape index (κ2) is 8.27. The molecule has 6 rings (SSSR count). The first-order valence-electron chi connectivity index (χ1n) is 10.8. The summed E-state index contributed by atoms with van der Waals surface area (Å²) < 4.78 is 1.17. The maximum Gasteiger partial charge on any atom is 0.251 e. The van der Waals surface area contributed by atoms with E-state index in [2.05, 4.69) is 62.3 Å². The van der Waals surface area contributed by atoms with Gasteiger partial charge in [-0.15, -0.1) is 11.3 Å². The number of thiazole rings is 1. The molecule has 1 saturated heterocycles. The average Bonchev–Trinajstić information content (AvgIpc) is 3.29. The molecule has 7 heteroatoms. The third-order valence-electron chi connectivity index (χ3n) is 5.95. The topological polar surface area (TPSA) is 78.9 Å². The Kier molecular flexibility index (Phi) is 4.97. The summed E-state index contributed by atoms with van der Waals surface area (Å²) in [6.45, 7) is 1.68. The number of hydrogen-bond acceptors (Lipinski definition) is 6. The molecule has 0 bridgehead atoms. The number of carbonyl (C=O) groups excluding carboxylic acids is 1. The minimum Gasteiger partial charge on any atom is -0.355 e. The molecule has 2 aromatic heterocycles. The Balaban J connectivity index is 1.25. The van der Waals surface area contributed by atoms with Crippen molar-refractivity contribution >= 4 is 49.7 Å². The van der Waals surface area contributed by atoms with E-state index in [1.807, 2.05) is 42.0 Å². The summed E-state index contributed by atoms with van der Waals surface area (Å²) in [5.74, 6) is -0.0280. The van der Waals surface area contributed by atoms with Crippen LogP contribution in [0.25, 0.3) is 32.2 Å².